The van der Waals surface area contributed by atoms with Crippen LogP contribution in [-0.2, 0) is 25.5 Å². The Morgan fingerprint density at radius 1 is 1.02 bits per heavy atom. The first-order valence-corrected chi connectivity index (χ1v) is 14.7. The zero-order chi connectivity index (χ0) is 30.8. The van der Waals surface area contributed by atoms with E-state index >= 15 is 0 Å². The summed E-state index contributed by atoms with van der Waals surface area (Å²) >= 11 is 1.58. The summed E-state index contributed by atoms with van der Waals surface area (Å²) < 4.78 is 12.3. The van der Waals surface area contributed by atoms with Crippen molar-refractivity contribution in [2.24, 2.45) is 11.5 Å². The van der Waals surface area contributed by atoms with Gasteiger partial charge in [0.05, 0.1) is 24.8 Å². The van der Waals surface area contributed by atoms with Crippen LogP contribution in [0.3, 0.4) is 0 Å². The van der Waals surface area contributed by atoms with Gasteiger partial charge in [-0.15, -0.1) is 11.3 Å². The van der Waals surface area contributed by atoms with Gasteiger partial charge in [0.25, 0.3) is 5.91 Å². The Balaban J connectivity index is 1.40. The summed E-state index contributed by atoms with van der Waals surface area (Å²) in [5.74, 6) is -1.96. The molecule has 1 heterocycles. The first-order valence-electron chi connectivity index (χ1n) is 13.8. The van der Waals surface area contributed by atoms with Crippen molar-refractivity contribution in [1.29, 1.82) is 0 Å². The Hall–Kier alpha value is -4.74. The molecular weight excluding hydrogens is 568 g/mol. The lowest BCUT2D eigenvalue weighted by atomic mass is 10.0. The number of nitrogens with two attached hydrogens (primary N) is 2. The highest BCUT2D eigenvalue weighted by molar-refractivity contribution is 7.17. The second kappa shape index (κ2) is 14.9. The number of primary amides is 1. The summed E-state index contributed by atoms with van der Waals surface area (Å²) in [5, 5.41) is 9.92. The van der Waals surface area contributed by atoms with Crippen LogP contribution >= 0.6 is 11.3 Å². The molecule has 0 saturated heterocycles. The third-order valence-corrected chi connectivity index (χ3v) is 7.70. The second-order valence-corrected chi connectivity index (χ2v) is 10.8. The molecule has 4 rings (SSSR count). The van der Waals surface area contributed by atoms with Crippen molar-refractivity contribution in [3.8, 4) is 5.75 Å². The van der Waals surface area contributed by atoms with Gasteiger partial charge in [0.2, 0.25) is 11.8 Å². The van der Waals surface area contributed by atoms with Crippen LogP contribution in [0.2, 0.25) is 0 Å². The average Bonchev–Trinajstić information content (AvgIpc) is 3.42. The van der Waals surface area contributed by atoms with E-state index < -0.39 is 35.8 Å². The van der Waals surface area contributed by atoms with E-state index in [-0.39, 0.29) is 31.7 Å². The lowest BCUT2D eigenvalue weighted by molar-refractivity contribution is -0.147. The molecule has 0 spiro atoms. The molecule has 0 bridgehead atoms. The quantitative estimate of drug-likeness (QED) is 0.0922. The summed E-state index contributed by atoms with van der Waals surface area (Å²) in [5.41, 5.74) is 12.6. The van der Waals surface area contributed by atoms with Crippen LogP contribution in [0.4, 0.5) is 0 Å². The van der Waals surface area contributed by atoms with E-state index in [1.165, 1.54) is 6.08 Å². The number of benzene rings is 3. The van der Waals surface area contributed by atoms with Crippen molar-refractivity contribution in [2.45, 2.75) is 31.3 Å². The third kappa shape index (κ3) is 8.40. The number of rotatable bonds is 15. The molecule has 0 radical (unpaired) electrons. The molecule has 11 heteroatoms. The fraction of sp³-hybridized carbons (Fsp3) is 0.250. The lowest BCUT2D eigenvalue weighted by Crippen LogP contribution is -2.49. The largest absolute Gasteiger partial charge is 0.493 e. The van der Waals surface area contributed by atoms with Crippen molar-refractivity contribution in [3.05, 3.63) is 89.8 Å². The molecule has 224 valence electrons. The van der Waals surface area contributed by atoms with Crippen molar-refractivity contribution in [2.75, 3.05) is 19.8 Å². The second-order valence-electron chi connectivity index (χ2n) is 9.88. The Bertz CT molecular complexity index is 1630. The van der Waals surface area contributed by atoms with Gasteiger partial charge in [-0.1, -0.05) is 55.1 Å². The Morgan fingerprint density at radius 3 is 2.49 bits per heavy atom. The third-order valence-electron chi connectivity index (χ3n) is 6.69. The molecule has 0 aliphatic heterocycles. The predicted octanol–water partition coefficient (Wildman–Crippen LogP) is 3.21. The fourth-order valence-corrected chi connectivity index (χ4v) is 5.51. The van der Waals surface area contributed by atoms with E-state index in [0.29, 0.717) is 18.6 Å². The van der Waals surface area contributed by atoms with Gasteiger partial charge >= 0.3 is 5.97 Å². The molecule has 2 atom stereocenters. The number of nitrogens with one attached hydrogen (secondary N) is 2. The SMILES string of the molecule is C=CCOC(=O)C(CCCOc1cc2ccccc2cc1C(=O)NCC(N)=O)NC(=O)[C@H](N)Cc1csc2ccccc12. The average molecular weight is 603 g/mol. The molecule has 3 aromatic carbocycles. The molecule has 6 N–H and O–H groups in total. The van der Waals surface area contributed by atoms with Crippen LogP contribution in [0.25, 0.3) is 20.9 Å². The van der Waals surface area contributed by atoms with Gasteiger partial charge in [0, 0.05) is 4.70 Å². The molecular formula is C32H34N4O6S. The standard InChI is InChI=1S/C32H34N4O6S/c1-2-13-42-32(40)26(36-31(39)25(33)16-22-19-43-28-12-6-5-10-23(22)28)11-7-14-41-27-17-21-9-4-3-8-20(21)15-24(27)30(38)35-18-29(34)37/h2-6,8-10,12,15,17,19,25-26H,1,7,11,13-14,16,18,33H2,(H2,34,37)(H,35,38)(H,36,39)/t25-,26?/m1/s1. The van der Waals surface area contributed by atoms with E-state index in [2.05, 4.69) is 17.2 Å². The lowest BCUT2D eigenvalue weighted by Gasteiger charge is -2.20. The van der Waals surface area contributed by atoms with Crippen LogP contribution in [0.1, 0.15) is 28.8 Å². The van der Waals surface area contributed by atoms with Gasteiger partial charge in [-0.2, -0.15) is 0 Å². The highest BCUT2D eigenvalue weighted by Gasteiger charge is 2.25. The van der Waals surface area contributed by atoms with Gasteiger partial charge in [0.15, 0.2) is 0 Å². The normalized spacial score (nSPS) is 12.3. The zero-order valence-corrected chi connectivity index (χ0v) is 24.4. The molecule has 0 fully saturated rings. The van der Waals surface area contributed by atoms with Crippen molar-refractivity contribution >= 4 is 55.9 Å². The minimum Gasteiger partial charge on any atom is -0.493 e. The number of hydrogen-bond donors (Lipinski definition) is 4. The van der Waals surface area contributed by atoms with Crippen LogP contribution < -0.4 is 26.8 Å². The Morgan fingerprint density at radius 2 is 1.74 bits per heavy atom. The van der Waals surface area contributed by atoms with Gasteiger partial charge in [-0.25, -0.2) is 4.79 Å². The molecule has 1 aromatic heterocycles. The van der Waals surface area contributed by atoms with Gasteiger partial charge < -0.3 is 31.6 Å². The van der Waals surface area contributed by atoms with Crippen molar-refractivity contribution in [1.82, 2.24) is 10.6 Å². The van der Waals surface area contributed by atoms with E-state index in [1.54, 1.807) is 23.5 Å². The number of hydrogen-bond acceptors (Lipinski definition) is 8. The number of fused-ring (bicyclic) bond motifs is 2. The maximum atomic E-state index is 13.0. The summed E-state index contributed by atoms with van der Waals surface area (Å²) in [6.45, 7) is 3.37. The first-order chi connectivity index (χ1) is 20.8. The Kier molecular flexibility index (Phi) is 10.8. The monoisotopic (exact) mass is 602 g/mol. The van der Waals surface area contributed by atoms with E-state index in [1.807, 2.05) is 53.9 Å². The highest BCUT2D eigenvalue weighted by Crippen LogP contribution is 2.27. The first kappa shape index (κ1) is 31.2. The minimum atomic E-state index is -0.962. The summed E-state index contributed by atoms with van der Waals surface area (Å²) in [6.07, 6.45) is 2.30. The fourth-order valence-electron chi connectivity index (χ4n) is 4.54. The summed E-state index contributed by atoms with van der Waals surface area (Å²) in [4.78, 5) is 49.8. The van der Waals surface area contributed by atoms with Crippen molar-refractivity contribution < 1.29 is 28.7 Å². The zero-order valence-electron chi connectivity index (χ0n) is 23.5. The predicted molar refractivity (Wildman–Crippen MR) is 167 cm³/mol. The molecule has 10 nitrogen and oxygen atoms in total. The summed E-state index contributed by atoms with van der Waals surface area (Å²) in [6, 6.07) is 16.9. The Labute approximate surface area is 253 Å². The molecule has 4 aromatic rings. The number of carbonyl (C=O) groups excluding carboxylic acids is 4. The number of ether oxygens (including phenoxy) is 2. The minimum absolute atomic E-state index is 0.00445. The molecule has 1 unspecified atom stereocenters. The van der Waals surface area contributed by atoms with Crippen LogP contribution in [0.5, 0.6) is 5.75 Å². The van der Waals surface area contributed by atoms with Crippen molar-refractivity contribution in [3.63, 3.8) is 0 Å². The maximum absolute atomic E-state index is 13.0. The van der Waals surface area contributed by atoms with Gasteiger partial charge in [-0.05, 0) is 64.6 Å². The molecule has 43 heavy (non-hydrogen) atoms. The van der Waals surface area contributed by atoms with E-state index in [4.69, 9.17) is 20.9 Å². The number of esters is 1. The van der Waals surface area contributed by atoms with Crippen LogP contribution in [-0.4, -0.2) is 55.5 Å². The van der Waals surface area contributed by atoms with E-state index in [0.717, 1.165) is 26.4 Å². The van der Waals surface area contributed by atoms with Crippen LogP contribution in [0.15, 0.2) is 78.7 Å². The number of amides is 3. The smallest absolute Gasteiger partial charge is 0.328 e. The van der Waals surface area contributed by atoms with Gasteiger partial charge in [0.1, 0.15) is 18.4 Å². The molecule has 0 aliphatic rings. The molecule has 0 saturated carbocycles. The maximum Gasteiger partial charge on any atom is 0.328 e. The van der Waals surface area contributed by atoms with E-state index in [9.17, 15) is 19.2 Å². The number of thiophene rings is 1. The molecule has 0 aliphatic carbocycles. The number of carbonyl (C=O) groups is 4. The van der Waals surface area contributed by atoms with Crippen LogP contribution in [0, 0.1) is 0 Å². The summed E-state index contributed by atoms with van der Waals surface area (Å²) in [7, 11) is 0. The topological polar surface area (TPSA) is 163 Å². The highest BCUT2D eigenvalue weighted by atomic mass is 32.1. The van der Waals surface area contributed by atoms with Gasteiger partial charge in [-0.3, -0.25) is 14.4 Å². The molecule has 3 amide bonds.